The maximum absolute atomic E-state index is 13.3. The van der Waals surface area contributed by atoms with Crippen LogP contribution in [0.4, 0.5) is 5.13 Å². The van der Waals surface area contributed by atoms with Crippen LogP contribution in [0.1, 0.15) is 61.6 Å². The minimum atomic E-state index is -3.56. The minimum absolute atomic E-state index is 0.0638. The molecule has 8 nitrogen and oxygen atoms in total. The Labute approximate surface area is 198 Å². The van der Waals surface area contributed by atoms with E-state index in [0.717, 1.165) is 30.6 Å². The van der Waals surface area contributed by atoms with Crippen molar-refractivity contribution in [3.05, 3.63) is 39.3 Å². The topological polar surface area (TPSA) is 107 Å². The van der Waals surface area contributed by atoms with Crippen LogP contribution in [0.25, 0.3) is 0 Å². The summed E-state index contributed by atoms with van der Waals surface area (Å²) in [5.41, 5.74) is 0.00991. The molecule has 0 bridgehead atoms. The molecule has 0 radical (unpaired) electrons. The summed E-state index contributed by atoms with van der Waals surface area (Å²) >= 11 is 1.37. The molecule has 1 atom stereocenters. The summed E-state index contributed by atoms with van der Waals surface area (Å²) in [7, 11) is -3.56. The van der Waals surface area contributed by atoms with E-state index in [1.807, 2.05) is 6.92 Å². The van der Waals surface area contributed by atoms with Gasteiger partial charge in [0.05, 0.1) is 10.1 Å². The molecule has 1 amide bonds. The highest BCUT2D eigenvalue weighted by Gasteiger charge is 2.33. The summed E-state index contributed by atoms with van der Waals surface area (Å²) in [6.45, 7) is 4.88. The van der Waals surface area contributed by atoms with Crippen LogP contribution in [0.15, 0.2) is 28.0 Å². The van der Waals surface area contributed by atoms with E-state index >= 15 is 0 Å². The number of pyridine rings is 1. The third-order valence-corrected chi connectivity index (χ3v) is 9.74. The highest BCUT2D eigenvalue weighted by molar-refractivity contribution is 7.92. The zero-order valence-electron chi connectivity index (χ0n) is 19.1. The summed E-state index contributed by atoms with van der Waals surface area (Å²) in [6, 6.07) is 1.98. The van der Waals surface area contributed by atoms with Gasteiger partial charge in [-0.15, -0.1) is 11.3 Å². The summed E-state index contributed by atoms with van der Waals surface area (Å²) in [5.74, 6) is -0.0758. The molecule has 3 heterocycles. The van der Waals surface area contributed by atoms with Crippen LogP contribution < -0.4 is 10.9 Å². The average Bonchev–Trinajstić information content (AvgIpc) is 3.45. The molecule has 2 aliphatic rings. The smallest absolute Gasteiger partial charge is 0.252 e. The van der Waals surface area contributed by atoms with Gasteiger partial charge in [-0.1, -0.05) is 12.8 Å². The monoisotopic (exact) mass is 493 g/mol. The number of sulfone groups is 1. The van der Waals surface area contributed by atoms with E-state index in [1.54, 1.807) is 19.2 Å². The van der Waals surface area contributed by atoms with E-state index in [9.17, 15) is 18.0 Å². The van der Waals surface area contributed by atoms with Crippen molar-refractivity contribution in [3.63, 3.8) is 0 Å². The number of hydrogen-bond acceptors (Lipinski definition) is 7. The number of aromatic nitrogens is 2. The first kappa shape index (κ1) is 24.1. The van der Waals surface area contributed by atoms with Crippen molar-refractivity contribution in [1.82, 2.24) is 9.55 Å². The molecule has 0 spiro atoms. The van der Waals surface area contributed by atoms with Gasteiger partial charge in [0, 0.05) is 36.0 Å². The van der Waals surface area contributed by atoms with Gasteiger partial charge in [0.1, 0.15) is 6.04 Å². The van der Waals surface area contributed by atoms with Gasteiger partial charge >= 0.3 is 0 Å². The first-order chi connectivity index (χ1) is 15.8. The Morgan fingerprint density at radius 2 is 1.91 bits per heavy atom. The van der Waals surface area contributed by atoms with Gasteiger partial charge in [-0.3, -0.25) is 9.59 Å². The number of anilines is 1. The third-order valence-electron chi connectivity index (χ3n) is 6.67. The lowest BCUT2D eigenvalue weighted by atomic mass is 9.91. The maximum atomic E-state index is 13.3. The van der Waals surface area contributed by atoms with Gasteiger partial charge in [-0.05, 0) is 57.9 Å². The first-order valence-corrected chi connectivity index (χ1v) is 13.9. The fourth-order valence-electron chi connectivity index (χ4n) is 4.87. The highest BCUT2D eigenvalue weighted by atomic mass is 32.2. The molecule has 1 aliphatic carbocycles. The predicted octanol–water partition coefficient (Wildman–Crippen LogP) is 3.63. The van der Waals surface area contributed by atoms with Crippen LogP contribution in [0, 0.1) is 19.8 Å². The van der Waals surface area contributed by atoms with Crippen molar-refractivity contribution >= 4 is 32.2 Å². The fourth-order valence-corrected chi connectivity index (χ4v) is 7.47. The van der Waals surface area contributed by atoms with Crippen LogP contribution in [0.2, 0.25) is 0 Å². The summed E-state index contributed by atoms with van der Waals surface area (Å²) in [4.78, 5) is 31.8. The second-order valence-corrected chi connectivity index (χ2v) is 12.5. The number of hydrogen-bond donors (Lipinski definition) is 1. The van der Waals surface area contributed by atoms with Crippen LogP contribution in [-0.2, 0) is 19.4 Å². The van der Waals surface area contributed by atoms with E-state index in [-0.39, 0.29) is 16.7 Å². The molecule has 0 unspecified atom stereocenters. The van der Waals surface area contributed by atoms with Gasteiger partial charge in [0.15, 0.2) is 15.0 Å². The standard InChI is InChI=1S/C23H31N3O5S2/c1-15-11-19(33(29,30)18-5-3-4-6-18)13-21(27)26(15)20(12-17-7-9-31-10-8-17)22(28)25-23-24-14-16(2)32-23/h11,13-14,17-18,20H,3-10,12H2,1-2H3,(H,24,25,28)/t20-/m1/s1. The molecule has 2 aromatic rings. The van der Waals surface area contributed by atoms with E-state index in [2.05, 4.69) is 10.3 Å². The lowest BCUT2D eigenvalue weighted by molar-refractivity contribution is -0.120. The van der Waals surface area contributed by atoms with Crippen molar-refractivity contribution in [2.24, 2.45) is 5.92 Å². The lowest BCUT2D eigenvalue weighted by Crippen LogP contribution is -2.37. The molecule has 1 saturated carbocycles. The van der Waals surface area contributed by atoms with Gasteiger partial charge < -0.3 is 14.6 Å². The molecule has 1 aliphatic heterocycles. The van der Waals surface area contributed by atoms with Crippen molar-refractivity contribution in [1.29, 1.82) is 0 Å². The van der Waals surface area contributed by atoms with Crippen molar-refractivity contribution in [3.8, 4) is 0 Å². The van der Waals surface area contributed by atoms with Crippen LogP contribution in [-0.4, -0.2) is 42.3 Å². The number of rotatable bonds is 7. The minimum Gasteiger partial charge on any atom is -0.381 e. The van der Waals surface area contributed by atoms with Crippen LogP contribution in [0.3, 0.4) is 0 Å². The van der Waals surface area contributed by atoms with Gasteiger partial charge in [0.2, 0.25) is 5.91 Å². The Morgan fingerprint density at radius 3 is 2.52 bits per heavy atom. The first-order valence-electron chi connectivity index (χ1n) is 11.5. The molecular formula is C23H31N3O5S2. The van der Waals surface area contributed by atoms with E-state index in [4.69, 9.17) is 4.74 Å². The maximum Gasteiger partial charge on any atom is 0.252 e. The largest absolute Gasteiger partial charge is 0.381 e. The number of thiazole rings is 1. The SMILES string of the molecule is Cc1cnc(NC(=O)[C@@H](CC2CCOCC2)n2c(C)cc(S(=O)(=O)C3CCCC3)cc2=O)s1. The zero-order valence-corrected chi connectivity index (χ0v) is 20.7. The highest BCUT2D eigenvalue weighted by Crippen LogP contribution is 2.31. The molecule has 10 heteroatoms. The number of carbonyl (C=O) groups excluding carboxylic acids is 1. The van der Waals surface area contributed by atoms with Crippen LogP contribution >= 0.6 is 11.3 Å². The Bertz CT molecular complexity index is 1160. The Hall–Kier alpha value is -2.04. The van der Waals surface area contributed by atoms with Crippen LogP contribution in [0.5, 0.6) is 0 Å². The number of amides is 1. The Balaban J connectivity index is 1.67. The molecule has 4 rings (SSSR count). The van der Waals surface area contributed by atoms with Gasteiger partial charge in [0.25, 0.3) is 5.56 Å². The van der Waals surface area contributed by atoms with E-state index < -0.39 is 26.7 Å². The second-order valence-electron chi connectivity index (χ2n) is 9.06. The van der Waals surface area contributed by atoms with Crippen molar-refractivity contribution in [2.45, 2.75) is 75.0 Å². The molecule has 33 heavy (non-hydrogen) atoms. The normalized spacial score (nSPS) is 19.0. The average molecular weight is 494 g/mol. The molecule has 1 N–H and O–H groups in total. The van der Waals surface area contributed by atoms with E-state index in [0.29, 0.717) is 43.3 Å². The number of nitrogens with zero attached hydrogens (tertiary/aromatic N) is 2. The van der Waals surface area contributed by atoms with Crippen molar-refractivity contribution < 1.29 is 17.9 Å². The Morgan fingerprint density at radius 1 is 1.21 bits per heavy atom. The predicted molar refractivity (Wildman–Crippen MR) is 128 cm³/mol. The lowest BCUT2D eigenvalue weighted by Gasteiger charge is -2.28. The molecule has 2 fully saturated rings. The quantitative estimate of drug-likeness (QED) is 0.631. The van der Waals surface area contributed by atoms with Crippen molar-refractivity contribution in [2.75, 3.05) is 18.5 Å². The summed E-state index contributed by atoms with van der Waals surface area (Å²) in [6.07, 6.45) is 6.86. The Kier molecular flexibility index (Phi) is 7.35. The summed E-state index contributed by atoms with van der Waals surface area (Å²) in [5, 5.41) is 2.91. The fraction of sp³-hybridized carbons (Fsp3) is 0.609. The van der Waals surface area contributed by atoms with Gasteiger partial charge in [-0.25, -0.2) is 13.4 Å². The zero-order chi connectivity index (χ0) is 23.6. The number of carbonyl (C=O) groups is 1. The molecule has 180 valence electrons. The molecule has 1 saturated heterocycles. The van der Waals surface area contributed by atoms with E-state index in [1.165, 1.54) is 22.0 Å². The molecular weight excluding hydrogens is 462 g/mol. The second kappa shape index (κ2) is 10.1. The number of ether oxygens (including phenoxy) is 1. The number of aryl methyl sites for hydroxylation is 2. The molecule has 0 aromatic carbocycles. The number of nitrogens with one attached hydrogen (secondary N) is 1. The summed E-state index contributed by atoms with van der Waals surface area (Å²) < 4.78 is 33.0. The molecule has 2 aromatic heterocycles. The van der Waals surface area contributed by atoms with Gasteiger partial charge in [-0.2, -0.15) is 0 Å². The third kappa shape index (κ3) is 5.38.